The molecule has 2 heterocycles. The molecule has 2 aromatic rings. The molecule has 0 radical (unpaired) electrons. The second-order valence-electron chi connectivity index (χ2n) is 7.74. The van der Waals surface area contributed by atoms with Crippen LogP contribution in [-0.4, -0.2) is 56.2 Å². The Morgan fingerprint density at radius 2 is 1.52 bits per heavy atom. The summed E-state index contributed by atoms with van der Waals surface area (Å²) in [6.45, 7) is 4.99. The first-order valence-electron chi connectivity index (χ1n) is 10.3. The highest BCUT2D eigenvalue weighted by molar-refractivity contribution is 6.45. The van der Waals surface area contributed by atoms with E-state index in [2.05, 4.69) is 0 Å². The zero-order valence-electron chi connectivity index (χ0n) is 18.1. The maximum atomic E-state index is 13.6. The van der Waals surface area contributed by atoms with E-state index in [-0.39, 0.29) is 24.0 Å². The van der Waals surface area contributed by atoms with E-state index in [4.69, 9.17) is 14.2 Å². The Balaban J connectivity index is 1.86. The molecule has 7 nitrogen and oxygen atoms in total. The molecule has 2 unspecified atom stereocenters. The zero-order chi connectivity index (χ0) is 22.1. The van der Waals surface area contributed by atoms with Gasteiger partial charge in [0.1, 0.15) is 5.70 Å². The van der Waals surface area contributed by atoms with Crippen molar-refractivity contribution in [3.63, 3.8) is 0 Å². The number of para-hydroxylation sites is 1. The van der Waals surface area contributed by atoms with Crippen LogP contribution in [0.4, 0.5) is 5.69 Å². The van der Waals surface area contributed by atoms with Crippen molar-refractivity contribution in [3.05, 3.63) is 59.8 Å². The first kappa shape index (κ1) is 20.9. The Bertz CT molecular complexity index is 1020. The third kappa shape index (κ3) is 3.77. The number of methoxy groups -OCH3 is 2. The minimum absolute atomic E-state index is 0.0587. The molecule has 0 N–H and O–H groups in total. The fourth-order valence-corrected chi connectivity index (χ4v) is 4.24. The van der Waals surface area contributed by atoms with Crippen LogP contribution in [-0.2, 0) is 14.3 Å². The number of carbonyl (C=O) groups excluding carboxylic acids is 2. The number of hydrogen-bond donors (Lipinski definition) is 0. The third-order valence-corrected chi connectivity index (χ3v) is 5.48. The van der Waals surface area contributed by atoms with Crippen molar-refractivity contribution >= 4 is 23.1 Å². The first-order chi connectivity index (χ1) is 14.9. The first-order valence-corrected chi connectivity index (χ1v) is 10.3. The summed E-state index contributed by atoms with van der Waals surface area (Å²) in [5, 5.41) is 0. The molecule has 162 valence electrons. The van der Waals surface area contributed by atoms with Crippen LogP contribution in [0.2, 0.25) is 0 Å². The number of hydrogen-bond acceptors (Lipinski definition) is 6. The number of morpholine rings is 1. The van der Waals surface area contributed by atoms with Crippen LogP contribution in [0.25, 0.3) is 5.57 Å². The molecule has 1 fully saturated rings. The van der Waals surface area contributed by atoms with Crippen LogP contribution < -0.4 is 14.4 Å². The Morgan fingerprint density at radius 3 is 2.13 bits per heavy atom. The topological polar surface area (TPSA) is 68.3 Å². The molecule has 7 heteroatoms. The molecule has 31 heavy (non-hydrogen) atoms. The number of benzene rings is 2. The fraction of sp³-hybridized carbons (Fsp3) is 0.333. The van der Waals surface area contributed by atoms with Crippen LogP contribution in [0.15, 0.2) is 54.2 Å². The number of ether oxygens (including phenoxy) is 3. The van der Waals surface area contributed by atoms with Gasteiger partial charge < -0.3 is 19.1 Å². The summed E-state index contributed by atoms with van der Waals surface area (Å²) in [6.07, 6.45) is -0.117. The van der Waals surface area contributed by atoms with Crippen molar-refractivity contribution in [1.29, 1.82) is 0 Å². The van der Waals surface area contributed by atoms with Gasteiger partial charge in [-0.1, -0.05) is 24.3 Å². The number of carbonyl (C=O) groups is 2. The van der Waals surface area contributed by atoms with Crippen molar-refractivity contribution < 1.29 is 23.8 Å². The van der Waals surface area contributed by atoms with Crippen LogP contribution >= 0.6 is 0 Å². The fourth-order valence-electron chi connectivity index (χ4n) is 4.24. The summed E-state index contributed by atoms with van der Waals surface area (Å²) < 4.78 is 16.6. The van der Waals surface area contributed by atoms with Gasteiger partial charge in [-0.2, -0.15) is 0 Å². The van der Waals surface area contributed by atoms with E-state index in [0.717, 1.165) is 0 Å². The van der Waals surface area contributed by atoms with Gasteiger partial charge in [0.2, 0.25) is 0 Å². The van der Waals surface area contributed by atoms with Crippen molar-refractivity contribution in [2.45, 2.75) is 26.1 Å². The van der Waals surface area contributed by atoms with Crippen molar-refractivity contribution in [3.8, 4) is 11.5 Å². The van der Waals surface area contributed by atoms with Crippen molar-refractivity contribution in [1.82, 2.24) is 4.90 Å². The molecule has 0 spiro atoms. The summed E-state index contributed by atoms with van der Waals surface area (Å²) in [5.41, 5.74) is 1.90. The van der Waals surface area contributed by atoms with E-state index in [1.807, 2.05) is 36.9 Å². The second-order valence-corrected chi connectivity index (χ2v) is 7.74. The van der Waals surface area contributed by atoms with Crippen molar-refractivity contribution in [2.75, 3.05) is 32.2 Å². The number of imide groups is 1. The van der Waals surface area contributed by atoms with E-state index in [0.29, 0.717) is 47.1 Å². The van der Waals surface area contributed by atoms with Gasteiger partial charge in [0.25, 0.3) is 11.8 Å². The molecule has 2 aromatic carbocycles. The lowest BCUT2D eigenvalue weighted by Gasteiger charge is -2.37. The highest BCUT2D eigenvalue weighted by atomic mass is 16.5. The van der Waals surface area contributed by atoms with Crippen LogP contribution in [0.3, 0.4) is 0 Å². The smallest absolute Gasteiger partial charge is 0.282 e. The van der Waals surface area contributed by atoms with E-state index < -0.39 is 0 Å². The largest absolute Gasteiger partial charge is 0.493 e. The van der Waals surface area contributed by atoms with Gasteiger partial charge >= 0.3 is 0 Å². The highest BCUT2D eigenvalue weighted by Crippen LogP contribution is 2.38. The van der Waals surface area contributed by atoms with Crippen molar-refractivity contribution in [2.24, 2.45) is 0 Å². The molecule has 2 aliphatic heterocycles. The van der Waals surface area contributed by atoms with Gasteiger partial charge in [0.15, 0.2) is 11.5 Å². The van der Waals surface area contributed by atoms with Gasteiger partial charge in [-0.3, -0.25) is 9.59 Å². The zero-order valence-corrected chi connectivity index (χ0v) is 18.1. The average molecular weight is 422 g/mol. The van der Waals surface area contributed by atoms with Gasteiger partial charge in [-0.05, 0) is 43.7 Å². The molecule has 4 rings (SSSR count). The van der Waals surface area contributed by atoms with E-state index >= 15 is 0 Å². The lowest BCUT2D eigenvalue weighted by Crippen LogP contribution is -2.47. The Morgan fingerprint density at radius 1 is 0.871 bits per heavy atom. The summed E-state index contributed by atoms with van der Waals surface area (Å²) in [5.74, 6) is 0.361. The van der Waals surface area contributed by atoms with Gasteiger partial charge in [0.05, 0.1) is 37.7 Å². The second kappa shape index (κ2) is 8.43. The average Bonchev–Trinajstić information content (AvgIpc) is 3.03. The molecule has 0 bridgehead atoms. The van der Waals surface area contributed by atoms with Crippen LogP contribution in [0.1, 0.15) is 19.4 Å². The molecule has 0 aromatic heterocycles. The maximum absolute atomic E-state index is 13.6. The molecule has 1 saturated heterocycles. The summed E-state index contributed by atoms with van der Waals surface area (Å²) >= 11 is 0. The van der Waals surface area contributed by atoms with E-state index in [9.17, 15) is 9.59 Å². The third-order valence-electron chi connectivity index (χ3n) is 5.48. The predicted octanol–water partition coefficient (Wildman–Crippen LogP) is 3.10. The minimum atomic E-state index is -0.356. The summed E-state index contributed by atoms with van der Waals surface area (Å²) in [7, 11) is 3.10. The Labute approximate surface area is 181 Å². The molecule has 0 aliphatic carbocycles. The Kier molecular flexibility index (Phi) is 5.69. The minimum Gasteiger partial charge on any atom is -0.493 e. The molecular weight excluding hydrogens is 396 g/mol. The monoisotopic (exact) mass is 422 g/mol. The lowest BCUT2D eigenvalue weighted by molar-refractivity contribution is -0.121. The maximum Gasteiger partial charge on any atom is 0.282 e. The van der Waals surface area contributed by atoms with Crippen LogP contribution in [0, 0.1) is 0 Å². The SMILES string of the molecule is COc1ccc(C2=C(N3CC(C)OC(C)C3)C(=O)N(c3ccccc3)C2=O)cc1OC. The summed E-state index contributed by atoms with van der Waals surface area (Å²) in [4.78, 5) is 30.4. The van der Waals surface area contributed by atoms with E-state index in [1.165, 1.54) is 4.90 Å². The highest BCUT2D eigenvalue weighted by Gasteiger charge is 2.44. The predicted molar refractivity (Wildman–Crippen MR) is 117 cm³/mol. The van der Waals surface area contributed by atoms with Gasteiger partial charge in [0, 0.05) is 13.1 Å². The van der Waals surface area contributed by atoms with Gasteiger partial charge in [-0.25, -0.2) is 4.90 Å². The quantitative estimate of drug-likeness (QED) is 0.690. The van der Waals surface area contributed by atoms with Gasteiger partial charge in [-0.15, -0.1) is 0 Å². The number of amides is 2. The number of nitrogens with zero attached hydrogens (tertiary/aromatic N) is 2. The molecule has 2 atom stereocenters. The molecule has 2 aliphatic rings. The summed E-state index contributed by atoms with van der Waals surface area (Å²) in [6, 6.07) is 14.2. The normalized spacial score (nSPS) is 21.7. The van der Waals surface area contributed by atoms with Crippen LogP contribution in [0.5, 0.6) is 11.5 Å². The lowest BCUT2D eigenvalue weighted by atomic mass is 10.0. The molecule has 2 amide bonds. The standard InChI is InChI=1S/C24H26N2O5/c1-15-13-25(14-16(2)31-15)22-21(17-10-11-19(29-3)20(12-17)30-4)23(27)26(24(22)28)18-8-6-5-7-9-18/h5-12,15-16H,13-14H2,1-4H3. The van der Waals surface area contributed by atoms with E-state index in [1.54, 1.807) is 44.6 Å². The number of rotatable bonds is 5. The molecular formula is C24H26N2O5. The Hall–Kier alpha value is -3.32. The number of anilines is 1. The molecule has 0 saturated carbocycles.